The van der Waals surface area contributed by atoms with Gasteiger partial charge in [0, 0.05) is 11.4 Å². The van der Waals surface area contributed by atoms with Gasteiger partial charge in [-0.15, -0.1) is 0 Å². The molecule has 9 nitrogen and oxygen atoms in total. The summed E-state index contributed by atoms with van der Waals surface area (Å²) in [5, 5.41) is 16.1. The molecule has 0 N–H and O–H groups in total. The fourth-order valence-electron chi connectivity index (χ4n) is 5.01. The van der Waals surface area contributed by atoms with Crippen LogP contribution < -0.4 is 4.90 Å². The molecule has 0 spiro atoms. The summed E-state index contributed by atoms with van der Waals surface area (Å²) in [4.78, 5) is 41.1. The number of halogens is 1. The number of nitrogens with zero attached hydrogens (tertiary/aromatic N) is 6. The lowest BCUT2D eigenvalue weighted by atomic mass is 9.98. The number of carbonyl (C=O) groups excluding carboxylic acids is 3. The van der Waals surface area contributed by atoms with Gasteiger partial charge in [0.25, 0.3) is 17.7 Å². The molecule has 190 valence electrons. The Morgan fingerprint density at radius 1 is 0.947 bits per heavy atom. The quantitative estimate of drug-likeness (QED) is 0.462. The second-order valence-electron chi connectivity index (χ2n) is 9.46. The maximum Gasteiger partial charge on any atom is 0.264 e. The van der Waals surface area contributed by atoms with E-state index >= 15 is 0 Å². The van der Waals surface area contributed by atoms with Crippen LogP contribution in [0.25, 0.3) is 0 Å². The van der Waals surface area contributed by atoms with E-state index in [1.54, 1.807) is 24.3 Å². The number of imide groups is 1. The van der Waals surface area contributed by atoms with E-state index in [0.717, 1.165) is 27.3 Å². The maximum atomic E-state index is 13.6. The highest BCUT2D eigenvalue weighted by Gasteiger charge is 2.55. The third kappa shape index (κ3) is 4.14. The molecule has 3 aliphatic rings. The Bertz CT molecular complexity index is 1470. The number of hydrazone groups is 1. The van der Waals surface area contributed by atoms with E-state index in [1.165, 1.54) is 10.0 Å². The van der Waals surface area contributed by atoms with Gasteiger partial charge in [0.15, 0.2) is 12.1 Å². The molecule has 0 aliphatic carbocycles. The number of aryl methyl sites for hydroxylation is 1. The van der Waals surface area contributed by atoms with Gasteiger partial charge in [-0.25, -0.2) is 9.91 Å². The first-order chi connectivity index (χ1) is 18.4. The summed E-state index contributed by atoms with van der Waals surface area (Å²) < 4.78 is 0. The Kier molecular flexibility index (Phi) is 6.00. The fourth-order valence-corrected chi connectivity index (χ4v) is 5.13. The standard InChI is InChI=1S/C28H23ClN6O3/c1-17-7-13-21(14-8-17)34-27(37)25-26(28(34)38)33(32-30-25)16-24(36)35-23(19-5-3-2-4-6-19)15-22(31-35)18-9-11-20(29)12-10-18/h2-14,23,25-26H,15-16H2,1H3/t23-,25+,26-/m0/s1. The van der Waals surface area contributed by atoms with Crippen molar-refractivity contribution in [1.29, 1.82) is 0 Å². The molecule has 1 saturated heterocycles. The average Bonchev–Trinajstić information content (AvgIpc) is 3.61. The van der Waals surface area contributed by atoms with Gasteiger partial charge in [-0.2, -0.15) is 10.2 Å². The van der Waals surface area contributed by atoms with Crippen molar-refractivity contribution in [1.82, 2.24) is 10.0 Å². The molecular formula is C28H23ClN6O3. The zero-order chi connectivity index (χ0) is 26.4. The first-order valence-corrected chi connectivity index (χ1v) is 12.6. The Morgan fingerprint density at radius 3 is 2.37 bits per heavy atom. The number of carbonyl (C=O) groups is 3. The van der Waals surface area contributed by atoms with Crippen LogP contribution in [0, 0.1) is 6.92 Å². The molecule has 0 radical (unpaired) electrons. The van der Waals surface area contributed by atoms with Crippen LogP contribution in [0.2, 0.25) is 5.02 Å². The van der Waals surface area contributed by atoms with Crippen LogP contribution in [0.15, 0.2) is 94.3 Å². The Hall–Kier alpha value is -4.37. The first-order valence-electron chi connectivity index (χ1n) is 12.2. The number of fused-ring (bicyclic) bond motifs is 1. The summed E-state index contributed by atoms with van der Waals surface area (Å²) in [7, 11) is 0. The van der Waals surface area contributed by atoms with Crippen LogP contribution in [0.4, 0.5) is 5.69 Å². The highest BCUT2D eigenvalue weighted by atomic mass is 35.5. The normalized spacial score (nSPS) is 22.3. The van der Waals surface area contributed by atoms with Crippen LogP contribution in [-0.4, -0.2) is 52.1 Å². The van der Waals surface area contributed by atoms with Gasteiger partial charge in [0.05, 0.1) is 17.4 Å². The molecule has 0 aromatic heterocycles. The molecule has 3 aromatic rings. The highest BCUT2D eigenvalue weighted by Crippen LogP contribution is 2.35. The minimum absolute atomic E-state index is 0.244. The van der Waals surface area contributed by atoms with Crippen molar-refractivity contribution in [2.24, 2.45) is 15.4 Å². The smallest absolute Gasteiger partial charge is 0.264 e. The van der Waals surface area contributed by atoms with Crippen molar-refractivity contribution < 1.29 is 14.4 Å². The van der Waals surface area contributed by atoms with Gasteiger partial charge in [0.2, 0.25) is 0 Å². The predicted molar refractivity (Wildman–Crippen MR) is 141 cm³/mol. The molecule has 0 unspecified atom stereocenters. The van der Waals surface area contributed by atoms with Crippen molar-refractivity contribution in [3.8, 4) is 0 Å². The second-order valence-corrected chi connectivity index (χ2v) is 9.90. The number of hydrogen-bond donors (Lipinski definition) is 0. The molecule has 6 rings (SSSR count). The second kappa shape index (κ2) is 9.50. The van der Waals surface area contributed by atoms with E-state index < -0.39 is 23.9 Å². The van der Waals surface area contributed by atoms with Crippen LogP contribution in [-0.2, 0) is 14.4 Å². The number of anilines is 1. The molecule has 1 fully saturated rings. The van der Waals surface area contributed by atoms with E-state index in [0.29, 0.717) is 17.1 Å². The lowest BCUT2D eigenvalue weighted by Gasteiger charge is -2.25. The number of rotatable bonds is 5. The fraction of sp³-hybridized carbons (Fsp3) is 0.214. The summed E-state index contributed by atoms with van der Waals surface area (Å²) in [6.07, 6.45) is 0.517. The van der Waals surface area contributed by atoms with Gasteiger partial charge in [-0.05, 0) is 42.3 Å². The topological polar surface area (TPSA) is 98.0 Å². The van der Waals surface area contributed by atoms with E-state index in [1.807, 2.05) is 61.5 Å². The molecule has 0 bridgehead atoms. The third-order valence-electron chi connectivity index (χ3n) is 6.98. The van der Waals surface area contributed by atoms with Crippen LogP contribution >= 0.6 is 11.6 Å². The van der Waals surface area contributed by atoms with Gasteiger partial charge in [-0.3, -0.25) is 19.4 Å². The maximum absolute atomic E-state index is 13.6. The van der Waals surface area contributed by atoms with Crippen molar-refractivity contribution >= 4 is 40.7 Å². The van der Waals surface area contributed by atoms with Crippen LogP contribution in [0.5, 0.6) is 0 Å². The molecule has 3 amide bonds. The van der Waals surface area contributed by atoms with Gasteiger partial charge < -0.3 is 0 Å². The first kappa shape index (κ1) is 24.0. The summed E-state index contributed by atoms with van der Waals surface area (Å²) >= 11 is 6.06. The van der Waals surface area contributed by atoms with Crippen molar-refractivity contribution in [2.45, 2.75) is 31.5 Å². The lowest BCUT2D eigenvalue weighted by molar-refractivity contribution is -0.135. The molecular weight excluding hydrogens is 504 g/mol. The van der Waals surface area contributed by atoms with Crippen molar-refractivity contribution in [2.75, 3.05) is 11.4 Å². The summed E-state index contributed by atoms with van der Waals surface area (Å²) in [5.41, 5.74) is 4.05. The Balaban J connectivity index is 1.25. The van der Waals surface area contributed by atoms with Crippen LogP contribution in [0.1, 0.15) is 29.2 Å². The SMILES string of the molecule is Cc1ccc(N2C(=O)[C@@H]3[C@@H](N=NN3CC(=O)N3N=C(c4ccc(Cl)cc4)C[C@H]3c3ccccc3)C2=O)cc1. The monoisotopic (exact) mass is 526 g/mol. The molecule has 10 heteroatoms. The molecule has 3 atom stereocenters. The van der Waals surface area contributed by atoms with Crippen molar-refractivity contribution in [3.05, 3.63) is 101 Å². The molecule has 3 aromatic carbocycles. The summed E-state index contributed by atoms with van der Waals surface area (Å²) in [6.45, 7) is 1.68. The van der Waals surface area contributed by atoms with E-state index in [-0.39, 0.29) is 18.5 Å². The molecule has 0 saturated carbocycles. The number of hydrogen-bond acceptors (Lipinski definition) is 7. The van der Waals surface area contributed by atoms with Gasteiger partial charge in [0.1, 0.15) is 6.54 Å². The number of amides is 3. The van der Waals surface area contributed by atoms with Crippen LogP contribution in [0.3, 0.4) is 0 Å². The van der Waals surface area contributed by atoms with E-state index in [2.05, 4.69) is 15.4 Å². The molecule has 3 heterocycles. The zero-order valence-corrected chi connectivity index (χ0v) is 21.2. The lowest BCUT2D eigenvalue weighted by Crippen LogP contribution is -2.44. The number of benzene rings is 3. The molecule has 38 heavy (non-hydrogen) atoms. The molecule has 3 aliphatic heterocycles. The van der Waals surface area contributed by atoms with E-state index in [9.17, 15) is 14.4 Å². The largest absolute Gasteiger partial charge is 0.271 e. The predicted octanol–water partition coefficient (Wildman–Crippen LogP) is 4.32. The van der Waals surface area contributed by atoms with Crippen molar-refractivity contribution in [3.63, 3.8) is 0 Å². The zero-order valence-electron chi connectivity index (χ0n) is 20.4. The van der Waals surface area contributed by atoms with Gasteiger partial charge >= 0.3 is 0 Å². The Morgan fingerprint density at radius 2 is 1.66 bits per heavy atom. The summed E-state index contributed by atoms with van der Waals surface area (Å²) in [6, 6.07) is 21.8. The third-order valence-corrected chi connectivity index (χ3v) is 7.23. The Labute approximate surface area is 224 Å². The summed E-state index contributed by atoms with van der Waals surface area (Å²) in [5.74, 6) is -1.25. The minimum atomic E-state index is -0.978. The minimum Gasteiger partial charge on any atom is -0.271 e. The highest BCUT2D eigenvalue weighted by molar-refractivity contribution is 6.30. The van der Waals surface area contributed by atoms with Gasteiger partial charge in [-0.1, -0.05) is 77.0 Å². The van der Waals surface area contributed by atoms with E-state index in [4.69, 9.17) is 11.6 Å². The average molecular weight is 527 g/mol.